The molecule has 0 aliphatic carbocycles. The highest BCUT2D eigenvalue weighted by molar-refractivity contribution is 6.82. The minimum absolute atomic E-state index is 0.179. The molecule has 0 aromatic heterocycles. The van der Waals surface area contributed by atoms with Gasteiger partial charge in [-0.1, -0.05) is 50.9 Å². The molecule has 0 radical (unpaired) electrons. The molecular formula is C15H37NO2Si2. The van der Waals surface area contributed by atoms with Crippen molar-refractivity contribution in [3.63, 3.8) is 0 Å². The second-order valence-electron chi connectivity index (χ2n) is 8.29. The minimum atomic E-state index is -1.06. The first kappa shape index (κ1) is 20.3. The van der Waals surface area contributed by atoms with Crippen LogP contribution in [0.15, 0.2) is 0 Å². The lowest BCUT2D eigenvalue weighted by molar-refractivity contribution is -0.101. The van der Waals surface area contributed by atoms with Crippen LogP contribution in [0.25, 0.3) is 0 Å². The van der Waals surface area contributed by atoms with Crippen LogP contribution >= 0.6 is 0 Å². The number of hydrogen-bond acceptors (Lipinski definition) is 3. The van der Waals surface area contributed by atoms with Crippen LogP contribution in [-0.4, -0.2) is 59.2 Å². The molecule has 0 amide bonds. The molecule has 1 N–H and O–H groups in total. The third-order valence-electron chi connectivity index (χ3n) is 3.76. The molecule has 0 saturated heterocycles. The second kappa shape index (κ2) is 8.68. The first-order valence-corrected chi connectivity index (χ1v) is 15.0. The zero-order valence-corrected chi connectivity index (χ0v) is 17.0. The van der Waals surface area contributed by atoms with Gasteiger partial charge in [0.2, 0.25) is 0 Å². The van der Waals surface area contributed by atoms with Gasteiger partial charge in [0.25, 0.3) is 0 Å². The van der Waals surface area contributed by atoms with Crippen molar-refractivity contribution in [2.45, 2.75) is 76.5 Å². The maximum absolute atomic E-state index is 9.66. The molecule has 3 nitrogen and oxygen atoms in total. The summed E-state index contributed by atoms with van der Waals surface area (Å²) in [6, 6.07) is 4.24. The Labute approximate surface area is 128 Å². The highest BCUT2D eigenvalue weighted by Crippen LogP contribution is 2.24. The normalized spacial score (nSPS) is 16.5. The SMILES string of the molecule is CC(O)C(OCCC[Si](C)(C)CC[Si](C)(C)C)N(C)C. The highest BCUT2D eigenvalue weighted by atomic mass is 28.3. The van der Waals surface area contributed by atoms with E-state index in [0.29, 0.717) is 0 Å². The molecule has 5 heteroatoms. The Kier molecular flexibility index (Phi) is 8.82. The average Bonchev–Trinajstić information content (AvgIpc) is 2.24. The topological polar surface area (TPSA) is 32.7 Å². The predicted octanol–water partition coefficient (Wildman–Crippen LogP) is 3.71. The fourth-order valence-corrected chi connectivity index (χ4v) is 9.37. The van der Waals surface area contributed by atoms with Crippen molar-refractivity contribution in [1.82, 2.24) is 4.90 Å². The van der Waals surface area contributed by atoms with Crippen molar-refractivity contribution in [2.75, 3.05) is 20.7 Å². The largest absolute Gasteiger partial charge is 0.389 e. The van der Waals surface area contributed by atoms with E-state index in [0.717, 1.165) is 13.0 Å². The summed E-state index contributed by atoms with van der Waals surface area (Å²) >= 11 is 0. The van der Waals surface area contributed by atoms with Crippen molar-refractivity contribution in [3.8, 4) is 0 Å². The van der Waals surface area contributed by atoms with Gasteiger partial charge in [0, 0.05) is 22.8 Å². The van der Waals surface area contributed by atoms with Crippen LogP contribution in [0.1, 0.15) is 13.3 Å². The summed E-state index contributed by atoms with van der Waals surface area (Å²) in [5, 5.41) is 9.66. The standard InChI is InChI=1S/C15H37NO2Si2/c1-14(17)15(16(2)3)18-10-9-11-20(7,8)13-12-19(4,5)6/h14-15,17H,9-13H2,1-8H3. The molecule has 20 heavy (non-hydrogen) atoms. The van der Waals surface area contributed by atoms with Crippen molar-refractivity contribution < 1.29 is 9.84 Å². The van der Waals surface area contributed by atoms with Crippen LogP contribution in [0.2, 0.25) is 50.9 Å². The Morgan fingerprint density at radius 2 is 1.55 bits per heavy atom. The zero-order valence-electron chi connectivity index (χ0n) is 15.0. The summed E-state index contributed by atoms with van der Waals surface area (Å²) in [6.45, 7) is 15.0. The van der Waals surface area contributed by atoms with Crippen molar-refractivity contribution in [1.29, 1.82) is 0 Å². The van der Waals surface area contributed by atoms with Crippen molar-refractivity contribution >= 4 is 16.1 Å². The molecule has 0 heterocycles. The smallest absolute Gasteiger partial charge is 0.136 e. The number of rotatable bonds is 10. The van der Waals surface area contributed by atoms with Crippen LogP contribution < -0.4 is 0 Å². The summed E-state index contributed by atoms with van der Waals surface area (Å²) in [7, 11) is 1.94. The lowest BCUT2D eigenvalue weighted by Gasteiger charge is -2.29. The van der Waals surface area contributed by atoms with E-state index < -0.39 is 22.3 Å². The Balaban J connectivity index is 3.98. The first-order valence-electron chi connectivity index (χ1n) is 7.91. The molecule has 122 valence electrons. The number of hydrogen-bond donors (Lipinski definition) is 1. The molecule has 0 spiro atoms. The van der Waals surface area contributed by atoms with Gasteiger partial charge in [0.15, 0.2) is 0 Å². The van der Waals surface area contributed by atoms with E-state index >= 15 is 0 Å². The van der Waals surface area contributed by atoms with Gasteiger partial charge in [-0.15, -0.1) is 0 Å². The van der Waals surface area contributed by atoms with Crippen LogP contribution in [-0.2, 0) is 4.74 Å². The minimum Gasteiger partial charge on any atom is -0.389 e. The molecular weight excluding hydrogens is 282 g/mol. The summed E-state index contributed by atoms with van der Waals surface area (Å²) in [4.78, 5) is 1.94. The highest BCUT2D eigenvalue weighted by Gasteiger charge is 2.24. The number of ether oxygens (including phenoxy) is 1. The van der Waals surface area contributed by atoms with E-state index in [1.54, 1.807) is 6.92 Å². The van der Waals surface area contributed by atoms with Gasteiger partial charge in [0.05, 0.1) is 6.10 Å². The maximum Gasteiger partial charge on any atom is 0.136 e. The summed E-state index contributed by atoms with van der Waals surface area (Å²) in [5.74, 6) is 0. The fraction of sp³-hybridized carbons (Fsp3) is 1.00. The average molecular weight is 320 g/mol. The molecule has 0 bridgehead atoms. The molecule has 0 rings (SSSR count). The Morgan fingerprint density at radius 3 is 1.95 bits per heavy atom. The maximum atomic E-state index is 9.66. The lowest BCUT2D eigenvalue weighted by atomic mass is 10.3. The molecule has 0 aromatic rings. The number of nitrogens with zero attached hydrogens (tertiary/aromatic N) is 1. The summed E-state index contributed by atoms with van der Waals surface area (Å²) in [6.07, 6.45) is 0.506. The van der Waals surface area contributed by atoms with E-state index in [4.69, 9.17) is 4.74 Å². The molecule has 2 atom stereocenters. The summed E-state index contributed by atoms with van der Waals surface area (Å²) < 4.78 is 5.81. The molecule has 0 fully saturated rings. The van der Waals surface area contributed by atoms with E-state index in [-0.39, 0.29) is 6.23 Å². The van der Waals surface area contributed by atoms with E-state index in [9.17, 15) is 5.11 Å². The monoisotopic (exact) mass is 319 g/mol. The lowest BCUT2D eigenvalue weighted by Crippen LogP contribution is -2.40. The number of aliphatic hydroxyl groups excluding tert-OH is 1. The first-order chi connectivity index (χ1) is 8.94. The molecule has 0 aliphatic heterocycles. The van der Waals surface area contributed by atoms with Gasteiger partial charge < -0.3 is 9.84 Å². The summed E-state index contributed by atoms with van der Waals surface area (Å²) in [5.41, 5.74) is 0. The molecule has 2 unspecified atom stereocenters. The van der Waals surface area contributed by atoms with Crippen molar-refractivity contribution in [3.05, 3.63) is 0 Å². The number of aliphatic hydroxyl groups is 1. The third kappa shape index (κ3) is 10.1. The van der Waals surface area contributed by atoms with Crippen LogP contribution in [0, 0.1) is 0 Å². The Hall–Kier alpha value is 0.314. The Morgan fingerprint density at radius 1 is 1.00 bits per heavy atom. The van der Waals surface area contributed by atoms with Crippen molar-refractivity contribution in [2.24, 2.45) is 0 Å². The van der Waals surface area contributed by atoms with Crippen LogP contribution in [0.5, 0.6) is 0 Å². The molecule has 0 aromatic carbocycles. The predicted molar refractivity (Wildman–Crippen MR) is 95.0 cm³/mol. The third-order valence-corrected chi connectivity index (χ3v) is 9.32. The van der Waals surface area contributed by atoms with E-state index in [2.05, 4.69) is 32.7 Å². The quantitative estimate of drug-likeness (QED) is 0.378. The molecule has 0 saturated carbocycles. The molecule has 0 aliphatic rings. The van der Waals surface area contributed by atoms with Gasteiger partial charge in [-0.3, -0.25) is 4.90 Å². The second-order valence-corrected chi connectivity index (χ2v) is 19.2. The van der Waals surface area contributed by atoms with E-state index in [1.165, 1.54) is 18.1 Å². The van der Waals surface area contributed by atoms with Gasteiger partial charge in [0.1, 0.15) is 6.23 Å². The van der Waals surface area contributed by atoms with Gasteiger partial charge in [-0.25, -0.2) is 0 Å². The fourth-order valence-electron chi connectivity index (χ4n) is 2.31. The Bertz CT molecular complexity index is 255. The van der Waals surface area contributed by atoms with E-state index in [1.807, 2.05) is 19.0 Å². The zero-order chi connectivity index (χ0) is 16.0. The van der Waals surface area contributed by atoms with Crippen LogP contribution in [0.3, 0.4) is 0 Å². The number of likely N-dealkylation sites (N-methyl/N-ethyl adjacent to an activating group) is 1. The van der Waals surface area contributed by atoms with Crippen LogP contribution in [0.4, 0.5) is 0 Å². The van der Waals surface area contributed by atoms with Gasteiger partial charge in [-0.05, 0) is 27.4 Å². The van der Waals surface area contributed by atoms with Gasteiger partial charge in [-0.2, -0.15) is 0 Å². The van der Waals surface area contributed by atoms with Gasteiger partial charge >= 0.3 is 0 Å².